The second-order valence-corrected chi connectivity index (χ2v) is 7.73. The normalized spacial score (nSPS) is 16.2. The summed E-state index contributed by atoms with van der Waals surface area (Å²) in [7, 11) is 0. The van der Waals surface area contributed by atoms with Gasteiger partial charge < -0.3 is 9.80 Å². The van der Waals surface area contributed by atoms with E-state index in [4.69, 9.17) is 0 Å². The van der Waals surface area contributed by atoms with Gasteiger partial charge in [-0.2, -0.15) is 5.10 Å². The molecular formula is C21H21N5O5. The molecule has 0 atom stereocenters. The highest BCUT2D eigenvalue weighted by molar-refractivity contribution is 6.22. The maximum Gasteiger partial charge on any atom is 0.274 e. The summed E-state index contributed by atoms with van der Waals surface area (Å²) in [6.07, 6.45) is 0. The van der Waals surface area contributed by atoms with E-state index in [0.29, 0.717) is 37.3 Å². The molecule has 0 aliphatic carbocycles. The Bertz CT molecular complexity index is 1130. The predicted molar refractivity (Wildman–Crippen MR) is 109 cm³/mol. The van der Waals surface area contributed by atoms with Crippen LogP contribution in [0.2, 0.25) is 0 Å². The number of fused-ring (bicyclic) bond motifs is 1. The lowest BCUT2D eigenvalue weighted by molar-refractivity contribution is 0.0531. The summed E-state index contributed by atoms with van der Waals surface area (Å²) >= 11 is 0. The lowest BCUT2D eigenvalue weighted by atomic mass is 10.0. The van der Waals surface area contributed by atoms with Crippen molar-refractivity contribution in [3.63, 3.8) is 0 Å². The molecule has 1 fully saturated rings. The fourth-order valence-corrected chi connectivity index (χ4v) is 3.78. The Labute approximate surface area is 177 Å². The molecule has 1 saturated heterocycles. The number of nitrogens with one attached hydrogen (secondary N) is 1. The minimum Gasteiger partial charge on any atom is -0.335 e. The van der Waals surface area contributed by atoms with Gasteiger partial charge >= 0.3 is 0 Å². The van der Waals surface area contributed by atoms with Crippen molar-refractivity contribution < 1.29 is 19.2 Å². The van der Waals surface area contributed by atoms with E-state index in [-0.39, 0.29) is 35.0 Å². The highest BCUT2D eigenvalue weighted by atomic mass is 16.2. The number of carbonyl (C=O) groups excluding carboxylic acids is 4. The minimum atomic E-state index is -0.395. The van der Waals surface area contributed by atoms with Crippen LogP contribution in [0.3, 0.4) is 0 Å². The van der Waals surface area contributed by atoms with Gasteiger partial charge in [0.05, 0.1) is 11.1 Å². The van der Waals surface area contributed by atoms with E-state index in [0.717, 1.165) is 0 Å². The summed E-state index contributed by atoms with van der Waals surface area (Å²) in [4.78, 5) is 65.9. The van der Waals surface area contributed by atoms with Gasteiger partial charge in [0.2, 0.25) is 0 Å². The van der Waals surface area contributed by atoms with E-state index in [1.807, 2.05) is 0 Å². The van der Waals surface area contributed by atoms with Crippen molar-refractivity contribution in [2.24, 2.45) is 0 Å². The average Bonchev–Trinajstić information content (AvgIpc) is 3.03. The second kappa shape index (κ2) is 7.78. The Balaban J connectivity index is 1.45. The first kappa shape index (κ1) is 20.5. The number of benzene rings is 1. The molecule has 0 unspecified atom stereocenters. The van der Waals surface area contributed by atoms with Crippen LogP contribution in [0, 0.1) is 0 Å². The van der Waals surface area contributed by atoms with Crippen LogP contribution in [-0.2, 0) is 0 Å². The number of hydrogen-bond donors (Lipinski definition) is 1. The largest absolute Gasteiger partial charge is 0.335 e. The summed E-state index contributed by atoms with van der Waals surface area (Å²) in [5.41, 5.74) is 0.614. The monoisotopic (exact) mass is 423 g/mol. The fourth-order valence-electron chi connectivity index (χ4n) is 3.78. The minimum absolute atomic E-state index is 0.135. The highest BCUT2D eigenvalue weighted by Crippen LogP contribution is 2.26. The van der Waals surface area contributed by atoms with Gasteiger partial charge in [-0.1, -0.05) is 0 Å². The lowest BCUT2D eigenvalue weighted by Gasteiger charge is -2.34. The van der Waals surface area contributed by atoms with Crippen molar-refractivity contribution in [2.75, 3.05) is 26.2 Å². The van der Waals surface area contributed by atoms with E-state index in [9.17, 15) is 24.0 Å². The molecular weight excluding hydrogens is 402 g/mol. The van der Waals surface area contributed by atoms with Crippen LogP contribution in [0.1, 0.15) is 55.4 Å². The molecule has 0 bridgehead atoms. The van der Waals surface area contributed by atoms with Crippen molar-refractivity contribution in [3.05, 3.63) is 63.1 Å². The molecule has 0 saturated carbocycles. The number of rotatable bonds is 3. The molecule has 10 heteroatoms. The summed E-state index contributed by atoms with van der Waals surface area (Å²) in [5, 5.41) is 5.98. The van der Waals surface area contributed by atoms with E-state index in [1.54, 1.807) is 29.7 Å². The molecule has 1 aromatic carbocycles. The van der Waals surface area contributed by atoms with Crippen LogP contribution in [0.5, 0.6) is 0 Å². The quantitative estimate of drug-likeness (QED) is 0.712. The molecule has 0 spiro atoms. The van der Waals surface area contributed by atoms with Gasteiger partial charge in [0.15, 0.2) is 0 Å². The Morgan fingerprint density at radius 3 is 2.06 bits per heavy atom. The number of amides is 4. The fraction of sp³-hybridized carbons (Fsp3) is 0.333. The molecule has 3 heterocycles. The zero-order valence-corrected chi connectivity index (χ0v) is 17.1. The molecule has 31 heavy (non-hydrogen) atoms. The molecule has 4 amide bonds. The van der Waals surface area contributed by atoms with Gasteiger partial charge in [-0.3, -0.25) is 28.9 Å². The predicted octanol–water partition coefficient (Wildman–Crippen LogP) is 0.373. The number of piperazine rings is 1. The molecule has 4 rings (SSSR count). The molecule has 2 aliphatic rings. The lowest BCUT2D eigenvalue weighted by Crippen LogP contribution is -2.50. The first-order chi connectivity index (χ1) is 14.8. The smallest absolute Gasteiger partial charge is 0.274 e. The van der Waals surface area contributed by atoms with Crippen LogP contribution in [0.4, 0.5) is 0 Å². The van der Waals surface area contributed by atoms with Gasteiger partial charge in [-0.25, -0.2) is 5.10 Å². The number of aromatic amines is 1. The molecule has 1 N–H and O–H groups in total. The maximum absolute atomic E-state index is 12.9. The van der Waals surface area contributed by atoms with Crippen molar-refractivity contribution in [3.8, 4) is 0 Å². The molecule has 1 aromatic heterocycles. The number of hydrogen-bond acceptors (Lipinski definition) is 6. The average molecular weight is 423 g/mol. The Hall–Kier alpha value is -3.82. The Kier molecular flexibility index (Phi) is 5.14. The zero-order chi connectivity index (χ0) is 22.3. The van der Waals surface area contributed by atoms with Crippen molar-refractivity contribution in [1.29, 1.82) is 0 Å². The topological polar surface area (TPSA) is 124 Å². The van der Waals surface area contributed by atoms with Gasteiger partial charge in [0.25, 0.3) is 29.2 Å². The van der Waals surface area contributed by atoms with Crippen LogP contribution in [0.25, 0.3) is 0 Å². The van der Waals surface area contributed by atoms with Crippen molar-refractivity contribution in [2.45, 2.75) is 19.9 Å². The third kappa shape index (κ3) is 3.60. The van der Waals surface area contributed by atoms with Crippen LogP contribution < -0.4 is 5.56 Å². The summed E-state index contributed by atoms with van der Waals surface area (Å²) < 4.78 is 0. The molecule has 160 valence electrons. The SMILES string of the molecule is CC(C)N1C(=O)c2ccc(C(=O)N3CCN(C(=O)c4ccc(=O)[nH]n4)CC3)cc2C1=O. The van der Waals surface area contributed by atoms with E-state index in [2.05, 4.69) is 10.2 Å². The van der Waals surface area contributed by atoms with Crippen molar-refractivity contribution >= 4 is 23.6 Å². The third-order valence-electron chi connectivity index (χ3n) is 5.43. The third-order valence-corrected chi connectivity index (χ3v) is 5.43. The van der Waals surface area contributed by atoms with Gasteiger partial charge in [0, 0.05) is 43.9 Å². The zero-order valence-electron chi connectivity index (χ0n) is 17.1. The standard InChI is InChI=1S/C21H21N5O5/c1-12(2)26-19(29)14-4-3-13(11-15(14)20(26)30)18(28)24-7-9-25(10-8-24)21(31)16-5-6-17(27)23-22-16/h3-6,11-12H,7-10H2,1-2H3,(H,23,27). The van der Waals surface area contributed by atoms with Crippen molar-refractivity contribution in [1.82, 2.24) is 24.9 Å². The maximum atomic E-state index is 12.9. The number of H-pyrrole nitrogens is 1. The second-order valence-electron chi connectivity index (χ2n) is 7.73. The first-order valence-corrected chi connectivity index (χ1v) is 9.94. The molecule has 0 radical (unpaired) electrons. The van der Waals surface area contributed by atoms with Crippen LogP contribution >= 0.6 is 0 Å². The highest BCUT2D eigenvalue weighted by Gasteiger charge is 2.38. The van der Waals surface area contributed by atoms with E-state index >= 15 is 0 Å². The summed E-state index contributed by atoms with van der Waals surface area (Å²) in [6, 6.07) is 6.88. The van der Waals surface area contributed by atoms with Gasteiger partial charge in [-0.05, 0) is 38.1 Å². The molecule has 2 aliphatic heterocycles. The summed E-state index contributed by atoms with van der Waals surface area (Å²) in [6.45, 7) is 4.78. The first-order valence-electron chi connectivity index (χ1n) is 9.94. The Morgan fingerprint density at radius 2 is 1.48 bits per heavy atom. The number of nitrogens with zero attached hydrogens (tertiary/aromatic N) is 4. The molecule has 2 aromatic rings. The molecule has 10 nitrogen and oxygen atoms in total. The number of carbonyl (C=O) groups is 4. The van der Waals surface area contributed by atoms with Gasteiger partial charge in [0.1, 0.15) is 5.69 Å². The Morgan fingerprint density at radius 1 is 0.871 bits per heavy atom. The van der Waals surface area contributed by atoms with Crippen LogP contribution in [-0.4, -0.2) is 80.7 Å². The van der Waals surface area contributed by atoms with E-state index in [1.165, 1.54) is 29.2 Å². The summed E-state index contributed by atoms with van der Waals surface area (Å²) in [5.74, 6) is -1.33. The number of imide groups is 1. The van der Waals surface area contributed by atoms with Crippen LogP contribution in [0.15, 0.2) is 35.1 Å². The number of aromatic nitrogens is 2. The van der Waals surface area contributed by atoms with E-state index < -0.39 is 11.5 Å². The van der Waals surface area contributed by atoms with Gasteiger partial charge in [-0.15, -0.1) is 0 Å².